The van der Waals surface area contributed by atoms with E-state index in [2.05, 4.69) is 51.6 Å². The molecular formula is C15H26IN7. The van der Waals surface area contributed by atoms with Crippen molar-refractivity contribution in [1.29, 1.82) is 0 Å². The molecule has 0 radical (unpaired) electrons. The van der Waals surface area contributed by atoms with E-state index >= 15 is 0 Å². The average Bonchev–Trinajstić information content (AvgIpc) is 2.93. The maximum absolute atomic E-state index is 4.23. The first-order chi connectivity index (χ1) is 10.6. The molecule has 0 aliphatic carbocycles. The number of rotatable bonds is 6. The lowest BCUT2D eigenvalue weighted by Crippen LogP contribution is -2.42. The lowest BCUT2D eigenvalue weighted by atomic mass is 10.3. The van der Waals surface area contributed by atoms with Gasteiger partial charge in [-0.05, 0) is 33.0 Å². The second-order valence-corrected chi connectivity index (χ2v) is 5.47. The molecule has 2 rings (SSSR count). The second kappa shape index (κ2) is 9.66. The Kier molecular flexibility index (Phi) is 8.24. The Bertz CT molecular complexity index is 623. The maximum atomic E-state index is 4.23. The number of halogens is 1. The molecule has 2 N–H and O–H groups in total. The first-order valence-electron chi connectivity index (χ1n) is 7.55. The van der Waals surface area contributed by atoms with Crippen LogP contribution in [0.25, 0.3) is 5.65 Å². The molecule has 0 aromatic carbocycles. The fourth-order valence-corrected chi connectivity index (χ4v) is 2.00. The highest BCUT2D eigenvalue weighted by Gasteiger charge is 2.06. The van der Waals surface area contributed by atoms with E-state index in [0.717, 1.165) is 30.5 Å². The van der Waals surface area contributed by atoms with Crippen LogP contribution in [0.5, 0.6) is 0 Å². The zero-order valence-corrected chi connectivity index (χ0v) is 16.5. The van der Waals surface area contributed by atoms with Crippen molar-refractivity contribution in [1.82, 2.24) is 30.1 Å². The zero-order valence-electron chi connectivity index (χ0n) is 14.2. The fourth-order valence-electron chi connectivity index (χ4n) is 2.00. The fraction of sp³-hybridized carbons (Fsp3) is 0.533. The SMILES string of the molecule is CN=C(NCCN(C)C(C)C)NCc1nnc2ccccn12.I. The highest BCUT2D eigenvalue weighted by molar-refractivity contribution is 14.0. The molecule has 2 aromatic rings. The zero-order chi connectivity index (χ0) is 15.9. The summed E-state index contributed by atoms with van der Waals surface area (Å²) in [6, 6.07) is 6.39. The monoisotopic (exact) mass is 431 g/mol. The maximum Gasteiger partial charge on any atom is 0.191 e. The Labute approximate surface area is 154 Å². The lowest BCUT2D eigenvalue weighted by molar-refractivity contribution is 0.278. The highest BCUT2D eigenvalue weighted by atomic mass is 127. The van der Waals surface area contributed by atoms with Crippen LogP contribution in [0.4, 0.5) is 0 Å². The number of aromatic nitrogens is 3. The molecule has 0 atom stereocenters. The third kappa shape index (κ3) is 5.61. The summed E-state index contributed by atoms with van der Waals surface area (Å²) in [5, 5.41) is 14.9. The molecule has 7 nitrogen and oxygen atoms in total. The van der Waals surface area contributed by atoms with Crippen LogP contribution < -0.4 is 10.6 Å². The Hall–Kier alpha value is -1.42. The molecule has 0 aliphatic heterocycles. The number of pyridine rings is 1. The van der Waals surface area contributed by atoms with Gasteiger partial charge in [0.1, 0.15) is 0 Å². The molecule has 128 valence electrons. The number of hydrogen-bond donors (Lipinski definition) is 2. The molecule has 2 aromatic heterocycles. The van der Waals surface area contributed by atoms with Crippen LogP contribution in [0.15, 0.2) is 29.4 Å². The van der Waals surface area contributed by atoms with E-state index in [0.29, 0.717) is 12.6 Å². The molecule has 0 fully saturated rings. The summed E-state index contributed by atoms with van der Waals surface area (Å²) in [5.41, 5.74) is 0.848. The van der Waals surface area contributed by atoms with Gasteiger partial charge in [0.25, 0.3) is 0 Å². The molecule has 0 spiro atoms. The van der Waals surface area contributed by atoms with Gasteiger partial charge in [0.05, 0.1) is 6.54 Å². The Morgan fingerprint density at radius 3 is 2.78 bits per heavy atom. The minimum Gasteiger partial charge on any atom is -0.355 e. The van der Waals surface area contributed by atoms with Crippen LogP contribution in [-0.2, 0) is 6.54 Å². The van der Waals surface area contributed by atoms with Crippen LogP contribution in [0, 0.1) is 0 Å². The number of guanidine groups is 1. The molecule has 0 amide bonds. The van der Waals surface area contributed by atoms with Gasteiger partial charge in [-0.3, -0.25) is 9.39 Å². The highest BCUT2D eigenvalue weighted by Crippen LogP contribution is 2.02. The van der Waals surface area contributed by atoms with E-state index in [-0.39, 0.29) is 24.0 Å². The van der Waals surface area contributed by atoms with Crippen molar-refractivity contribution in [3.05, 3.63) is 30.2 Å². The average molecular weight is 431 g/mol. The normalized spacial score (nSPS) is 11.8. The summed E-state index contributed by atoms with van der Waals surface area (Å²) in [4.78, 5) is 6.51. The van der Waals surface area contributed by atoms with Gasteiger partial charge < -0.3 is 15.5 Å². The molecule has 0 saturated heterocycles. The molecule has 8 heteroatoms. The summed E-state index contributed by atoms with van der Waals surface area (Å²) < 4.78 is 1.97. The predicted octanol–water partition coefficient (Wildman–Crippen LogP) is 1.35. The van der Waals surface area contributed by atoms with Gasteiger partial charge in [0, 0.05) is 32.4 Å². The van der Waals surface area contributed by atoms with E-state index in [1.54, 1.807) is 7.05 Å². The molecule has 2 heterocycles. The third-order valence-electron chi connectivity index (χ3n) is 3.66. The van der Waals surface area contributed by atoms with Gasteiger partial charge in [-0.1, -0.05) is 6.07 Å². The summed E-state index contributed by atoms with van der Waals surface area (Å²) >= 11 is 0. The minimum atomic E-state index is 0. The van der Waals surface area contributed by atoms with Crippen molar-refractivity contribution in [3.63, 3.8) is 0 Å². The molecule has 0 aliphatic rings. The van der Waals surface area contributed by atoms with E-state index in [9.17, 15) is 0 Å². The topological polar surface area (TPSA) is 69.8 Å². The van der Waals surface area contributed by atoms with Crippen molar-refractivity contribution in [3.8, 4) is 0 Å². The Balaban J connectivity index is 0.00000264. The van der Waals surface area contributed by atoms with E-state index in [4.69, 9.17) is 0 Å². The number of likely N-dealkylation sites (N-methyl/N-ethyl adjacent to an activating group) is 1. The van der Waals surface area contributed by atoms with Gasteiger partial charge in [0.2, 0.25) is 0 Å². The molecule has 0 bridgehead atoms. The predicted molar refractivity (Wildman–Crippen MR) is 104 cm³/mol. The van der Waals surface area contributed by atoms with Crippen LogP contribution in [-0.4, -0.2) is 58.7 Å². The molecule has 0 unspecified atom stereocenters. The number of nitrogens with zero attached hydrogens (tertiary/aromatic N) is 5. The van der Waals surface area contributed by atoms with Crippen molar-refractivity contribution < 1.29 is 0 Å². The number of nitrogens with one attached hydrogen (secondary N) is 2. The van der Waals surface area contributed by atoms with Gasteiger partial charge in [-0.25, -0.2) is 0 Å². The first kappa shape index (κ1) is 19.6. The standard InChI is InChI=1S/C15H25N7.HI/c1-12(2)21(4)10-8-17-15(16-3)18-11-14-20-19-13-7-5-6-9-22(13)14;/h5-7,9,12H,8,10-11H2,1-4H3,(H2,16,17,18);1H. The smallest absolute Gasteiger partial charge is 0.191 e. The van der Waals surface area contributed by atoms with Crippen LogP contribution in [0.1, 0.15) is 19.7 Å². The Morgan fingerprint density at radius 1 is 1.30 bits per heavy atom. The van der Waals surface area contributed by atoms with Crippen molar-refractivity contribution in [2.75, 3.05) is 27.2 Å². The van der Waals surface area contributed by atoms with Gasteiger partial charge >= 0.3 is 0 Å². The third-order valence-corrected chi connectivity index (χ3v) is 3.66. The van der Waals surface area contributed by atoms with E-state index in [1.165, 1.54) is 0 Å². The van der Waals surface area contributed by atoms with Gasteiger partial charge in [-0.2, -0.15) is 0 Å². The van der Waals surface area contributed by atoms with Crippen molar-refractivity contribution in [2.24, 2.45) is 4.99 Å². The summed E-state index contributed by atoms with van der Waals surface area (Å²) in [6.07, 6.45) is 1.96. The second-order valence-electron chi connectivity index (χ2n) is 5.47. The van der Waals surface area contributed by atoms with Crippen LogP contribution in [0.2, 0.25) is 0 Å². The lowest BCUT2D eigenvalue weighted by Gasteiger charge is -2.21. The molecular weight excluding hydrogens is 405 g/mol. The van der Waals surface area contributed by atoms with E-state index in [1.807, 2.05) is 28.8 Å². The molecule has 23 heavy (non-hydrogen) atoms. The first-order valence-corrected chi connectivity index (χ1v) is 7.55. The van der Waals surface area contributed by atoms with Gasteiger partial charge in [0.15, 0.2) is 17.4 Å². The number of aliphatic imine (C=N–C) groups is 1. The van der Waals surface area contributed by atoms with Gasteiger partial charge in [-0.15, -0.1) is 34.2 Å². The van der Waals surface area contributed by atoms with Crippen LogP contribution >= 0.6 is 24.0 Å². The number of fused-ring (bicyclic) bond motifs is 1. The quantitative estimate of drug-likeness (QED) is 0.411. The van der Waals surface area contributed by atoms with E-state index < -0.39 is 0 Å². The summed E-state index contributed by atoms with van der Waals surface area (Å²) in [7, 11) is 3.88. The number of hydrogen-bond acceptors (Lipinski definition) is 4. The molecule has 0 saturated carbocycles. The van der Waals surface area contributed by atoms with Crippen LogP contribution in [0.3, 0.4) is 0 Å². The minimum absolute atomic E-state index is 0. The summed E-state index contributed by atoms with van der Waals surface area (Å²) in [6.45, 7) is 6.75. The van der Waals surface area contributed by atoms with Crippen molar-refractivity contribution >= 4 is 35.6 Å². The largest absolute Gasteiger partial charge is 0.355 e. The Morgan fingerprint density at radius 2 is 2.09 bits per heavy atom. The summed E-state index contributed by atoms with van der Waals surface area (Å²) in [5.74, 6) is 1.63. The van der Waals surface area contributed by atoms with Crippen molar-refractivity contribution in [2.45, 2.75) is 26.4 Å².